The predicted molar refractivity (Wildman–Crippen MR) is 72.2 cm³/mol. The molecule has 0 bridgehead atoms. The zero-order valence-corrected chi connectivity index (χ0v) is 11.3. The van der Waals surface area contributed by atoms with Gasteiger partial charge in [-0.25, -0.2) is 0 Å². The first-order valence-corrected chi connectivity index (χ1v) is 6.86. The van der Waals surface area contributed by atoms with Crippen LogP contribution in [0.4, 0.5) is 0 Å². The maximum absolute atomic E-state index is 5.18. The van der Waals surface area contributed by atoms with Gasteiger partial charge in [0.2, 0.25) is 0 Å². The molecule has 0 aliphatic carbocycles. The highest BCUT2D eigenvalue weighted by molar-refractivity contribution is 7.97. The number of aryl methyl sites for hydroxylation is 3. The van der Waals surface area contributed by atoms with Crippen molar-refractivity contribution >= 4 is 11.8 Å². The van der Waals surface area contributed by atoms with Crippen LogP contribution in [0.3, 0.4) is 0 Å². The predicted octanol–water partition coefficient (Wildman–Crippen LogP) is 4.03. The van der Waals surface area contributed by atoms with Crippen LogP contribution in [0.1, 0.15) is 28.1 Å². The van der Waals surface area contributed by atoms with Gasteiger partial charge in [-0.2, -0.15) is 0 Å². The van der Waals surface area contributed by atoms with E-state index >= 15 is 0 Å². The fourth-order valence-corrected chi connectivity index (χ4v) is 2.75. The van der Waals surface area contributed by atoms with Gasteiger partial charge in [-0.05, 0) is 26.3 Å². The van der Waals surface area contributed by atoms with Crippen molar-refractivity contribution in [1.29, 1.82) is 0 Å². The van der Waals surface area contributed by atoms with Gasteiger partial charge in [-0.15, -0.1) is 11.8 Å². The Morgan fingerprint density at radius 2 is 1.71 bits per heavy atom. The molecule has 1 aromatic carbocycles. The zero-order valence-electron chi connectivity index (χ0n) is 10.5. The highest BCUT2D eigenvalue weighted by Crippen LogP contribution is 2.20. The summed E-state index contributed by atoms with van der Waals surface area (Å²) in [6, 6.07) is 8.68. The minimum atomic E-state index is 0.883. The lowest BCUT2D eigenvalue weighted by molar-refractivity contribution is 0.391. The second-order valence-corrected chi connectivity index (χ2v) is 5.41. The Kier molecular flexibility index (Phi) is 3.89. The SMILES string of the molecule is Cc1cc(C)cc(CSCc2cc(C)no2)c1. The van der Waals surface area contributed by atoms with Crippen molar-refractivity contribution in [3.05, 3.63) is 52.4 Å². The van der Waals surface area contributed by atoms with Crippen LogP contribution in [0.2, 0.25) is 0 Å². The molecule has 2 rings (SSSR count). The van der Waals surface area contributed by atoms with E-state index in [-0.39, 0.29) is 0 Å². The summed E-state index contributed by atoms with van der Waals surface area (Å²) in [6.45, 7) is 6.23. The van der Waals surface area contributed by atoms with Crippen LogP contribution in [0.25, 0.3) is 0 Å². The minimum Gasteiger partial charge on any atom is -0.360 e. The van der Waals surface area contributed by atoms with Crippen molar-refractivity contribution in [2.75, 3.05) is 0 Å². The van der Waals surface area contributed by atoms with Crippen molar-refractivity contribution in [1.82, 2.24) is 5.16 Å². The molecule has 1 heterocycles. The molecule has 0 unspecified atom stereocenters. The summed E-state index contributed by atoms with van der Waals surface area (Å²) in [4.78, 5) is 0. The molecule has 0 spiro atoms. The Morgan fingerprint density at radius 3 is 2.29 bits per heavy atom. The summed E-state index contributed by atoms with van der Waals surface area (Å²) in [5.41, 5.74) is 4.99. The van der Waals surface area contributed by atoms with E-state index in [2.05, 4.69) is 37.2 Å². The lowest BCUT2D eigenvalue weighted by Gasteiger charge is -2.03. The Morgan fingerprint density at radius 1 is 1.00 bits per heavy atom. The van der Waals surface area contributed by atoms with Crippen molar-refractivity contribution in [2.45, 2.75) is 32.3 Å². The summed E-state index contributed by atoms with van der Waals surface area (Å²) < 4.78 is 5.18. The number of thioether (sulfide) groups is 1. The molecule has 17 heavy (non-hydrogen) atoms. The second kappa shape index (κ2) is 5.41. The summed E-state index contributed by atoms with van der Waals surface area (Å²) in [7, 11) is 0. The van der Waals surface area contributed by atoms with Gasteiger partial charge in [0.25, 0.3) is 0 Å². The maximum Gasteiger partial charge on any atom is 0.146 e. The monoisotopic (exact) mass is 247 g/mol. The van der Waals surface area contributed by atoms with E-state index in [1.807, 2.05) is 24.8 Å². The lowest BCUT2D eigenvalue weighted by atomic mass is 10.1. The first-order chi connectivity index (χ1) is 8.13. The Labute approximate surface area is 106 Å². The molecule has 0 atom stereocenters. The lowest BCUT2D eigenvalue weighted by Crippen LogP contribution is -1.86. The van der Waals surface area contributed by atoms with Crippen molar-refractivity contribution in [3.8, 4) is 0 Å². The van der Waals surface area contributed by atoms with Crippen molar-refractivity contribution in [2.24, 2.45) is 0 Å². The minimum absolute atomic E-state index is 0.883. The van der Waals surface area contributed by atoms with Crippen molar-refractivity contribution in [3.63, 3.8) is 0 Å². The normalized spacial score (nSPS) is 10.8. The fourth-order valence-electron chi connectivity index (χ4n) is 1.91. The molecule has 0 aliphatic rings. The molecule has 0 radical (unpaired) electrons. The van der Waals surface area contributed by atoms with Crippen LogP contribution in [-0.4, -0.2) is 5.16 Å². The van der Waals surface area contributed by atoms with Crippen LogP contribution >= 0.6 is 11.8 Å². The van der Waals surface area contributed by atoms with Crippen LogP contribution in [-0.2, 0) is 11.5 Å². The fraction of sp³-hybridized carbons (Fsp3) is 0.357. The van der Waals surface area contributed by atoms with Gasteiger partial charge in [-0.3, -0.25) is 0 Å². The van der Waals surface area contributed by atoms with E-state index < -0.39 is 0 Å². The average molecular weight is 247 g/mol. The summed E-state index contributed by atoms with van der Waals surface area (Å²) >= 11 is 1.86. The first kappa shape index (κ1) is 12.2. The Hall–Kier alpha value is -1.22. The van der Waals surface area contributed by atoms with Gasteiger partial charge >= 0.3 is 0 Å². The zero-order chi connectivity index (χ0) is 12.3. The standard InChI is InChI=1S/C14H17NOS/c1-10-4-11(2)6-13(5-10)8-17-9-14-7-12(3)15-16-14/h4-7H,8-9H2,1-3H3. The van der Waals surface area contributed by atoms with E-state index in [9.17, 15) is 0 Å². The first-order valence-electron chi connectivity index (χ1n) is 5.70. The molecule has 0 N–H and O–H groups in total. The largest absolute Gasteiger partial charge is 0.360 e. The third-order valence-electron chi connectivity index (χ3n) is 2.47. The third kappa shape index (κ3) is 3.63. The molecule has 0 aliphatic heterocycles. The van der Waals surface area contributed by atoms with E-state index in [4.69, 9.17) is 4.52 Å². The summed E-state index contributed by atoms with van der Waals surface area (Å²) in [5, 5.41) is 3.88. The van der Waals surface area contributed by atoms with Crippen LogP contribution in [0.15, 0.2) is 28.8 Å². The molecule has 0 saturated heterocycles. The number of hydrogen-bond acceptors (Lipinski definition) is 3. The third-order valence-corrected chi connectivity index (χ3v) is 3.50. The molecule has 0 fully saturated rings. The highest BCUT2D eigenvalue weighted by Gasteiger charge is 2.02. The molecule has 2 nitrogen and oxygen atoms in total. The molecule has 90 valence electrons. The van der Waals surface area contributed by atoms with Gasteiger partial charge in [0, 0.05) is 11.8 Å². The Balaban J connectivity index is 1.89. The molecular weight excluding hydrogens is 230 g/mol. The molecule has 1 aromatic heterocycles. The number of hydrogen-bond donors (Lipinski definition) is 0. The number of nitrogens with zero attached hydrogens (tertiary/aromatic N) is 1. The molecule has 0 amide bonds. The topological polar surface area (TPSA) is 26.0 Å². The molecular formula is C14H17NOS. The van der Waals surface area contributed by atoms with E-state index in [1.165, 1.54) is 16.7 Å². The van der Waals surface area contributed by atoms with Crippen molar-refractivity contribution < 1.29 is 4.52 Å². The molecule has 2 aromatic rings. The van der Waals surface area contributed by atoms with Gasteiger partial charge in [0.15, 0.2) is 0 Å². The highest BCUT2D eigenvalue weighted by atomic mass is 32.2. The second-order valence-electron chi connectivity index (χ2n) is 4.42. The smallest absolute Gasteiger partial charge is 0.146 e. The molecule has 0 saturated carbocycles. The maximum atomic E-state index is 5.18. The van der Waals surface area contributed by atoms with E-state index in [0.717, 1.165) is 23.0 Å². The van der Waals surface area contributed by atoms with Crippen LogP contribution < -0.4 is 0 Å². The van der Waals surface area contributed by atoms with E-state index in [1.54, 1.807) is 0 Å². The summed E-state index contributed by atoms with van der Waals surface area (Å²) in [5.74, 6) is 2.85. The van der Waals surface area contributed by atoms with Gasteiger partial charge in [0.1, 0.15) is 5.76 Å². The van der Waals surface area contributed by atoms with Gasteiger partial charge in [-0.1, -0.05) is 34.5 Å². The van der Waals surface area contributed by atoms with E-state index in [0.29, 0.717) is 0 Å². The quantitative estimate of drug-likeness (QED) is 0.815. The van der Waals surface area contributed by atoms with Crippen LogP contribution in [0, 0.1) is 20.8 Å². The number of rotatable bonds is 4. The Bertz CT molecular complexity index is 484. The number of aromatic nitrogens is 1. The van der Waals surface area contributed by atoms with Gasteiger partial charge < -0.3 is 4.52 Å². The molecule has 3 heteroatoms. The summed E-state index contributed by atoms with van der Waals surface area (Å²) in [6.07, 6.45) is 0. The average Bonchev–Trinajstić information content (AvgIpc) is 2.63. The number of benzene rings is 1. The van der Waals surface area contributed by atoms with Gasteiger partial charge in [0.05, 0.1) is 11.4 Å². The van der Waals surface area contributed by atoms with Crippen LogP contribution in [0.5, 0.6) is 0 Å².